The summed E-state index contributed by atoms with van der Waals surface area (Å²) in [5.41, 5.74) is 0.858. The molecule has 0 saturated carbocycles. The van der Waals surface area contributed by atoms with Gasteiger partial charge in [-0.05, 0) is 18.6 Å². The third-order valence-corrected chi connectivity index (χ3v) is 5.48. The van der Waals surface area contributed by atoms with E-state index in [-0.39, 0.29) is 11.8 Å². The van der Waals surface area contributed by atoms with E-state index in [1.54, 1.807) is 6.07 Å². The summed E-state index contributed by atoms with van der Waals surface area (Å²) in [5, 5.41) is 4.12. The van der Waals surface area contributed by atoms with Crippen LogP contribution in [0, 0.1) is 0 Å². The number of hydrogen-bond acceptors (Lipinski definition) is 3. The molecule has 1 unspecified atom stereocenters. The molecule has 7 heteroatoms. The van der Waals surface area contributed by atoms with E-state index in [1.165, 1.54) is 18.4 Å². The van der Waals surface area contributed by atoms with Crippen LogP contribution in [-0.4, -0.2) is 39.1 Å². The van der Waals surface area contributed by atoms with Crippen molar-refractivity contribution in [1.29, 1.82) is 0 Å². The molecule has 0 bridgehead atoms. The van der Waals surface area contributed by atoms with Crippen LogP contribution in [0.25, 0.3) is 0 Å². The summed E-state index contributed by atoms with van der Waals surface area (Å²) < 4.78 is 24.4. The summed E-state index contributed by atoms with van der Waals surface area (Å²) in [6.45, 7) is 2.27. The third-order valence-electron chi connectivity index (χ3n) is 2.81. The predicted octanol–water partition coefficient (Wildman–Crippen LogP) is 2.54. The highest BCUT2D eigenvalue weighted by Gasteiger charge is 2.15. The van der Waals surface area contributed by atoms with Gasteiger partial charge in [0, 0.05) is 26.7 Å². The average Bonchev–Trinajstić information content (AvgIpc) is 2.32. The van der Waals surface area contributed by atoms with Crippen LogP contribution in [0.5, 0.6) is 0 Å². The molecule has 0 aliphatic heterocycles. The Morgan fingerprint density at radius 1 is 1.32 bits per heavy atom. The molecule has 0 saturated heterocycles. The summed E-state index contributed by atoms with van der Waals surface area (Å²) in [5.74, 6) is 0.0442. The molecule has 19 heavy (non-hydrogen) atoms. The van der Waals surface area contributed by atoms with Crippen molar-refractivity contribution in [1.82, 2.24) is 9.62 Å². The van der Waals surface area contributed by atoms with E-state index in [2.05, 4.69) is 5.32 Å². The topological polar surface area (TPSA) is 49.4 Å². The molecule has 0 aromatic heterocycles. The molecule has 1 atom stereocenters. The number of nitrogens with zero attached hydrogens (tertiary/aromatic N) is 1. The van der Waals surface area contributed by atoms with Crippen LogP contribution in [0.4, 0.5) is 0 Å². The minimum absolute atomic E-state index is 0.0442. The Hall–Kier alpha value is -0.330. The van der Waals surface area contributed by atoms with Crippen molar-refractivity contribution >= 4 is 33.2 Å². The lowest BCUT2D eigenvalue weighted by molar-refractivity contribution is 0.512. The van der Waals surface area contributed by atoms with Crippen molar-refractivity contribution in [3.05, 3.63) is 33.8 Å². The van der Waals surface area contributed by atoms with Gasteiger partial charge < -0.3 is 5.32 Å². The summed E-state index contributed by atoms with van der Waals surface area (Å²) in [6, 6.07) is 5.34. The summed E-state index contributed by atoms with van der Waals surface area (Å²) >= 11 is 12.1. The fourth-order valence-electron chi connectivity index (χ4n) is 1.55. The molecule has 1 aromatic carbocycles. The van der Waals surface area contributed by atoms with Gasteiger partial charge in [0.2, 0.25) is 10.0 Å². The van der Waals surface area contributed by atoms with E-state index in [4.69, 9.17) is 23.2 Å². The monoisotopic (exact) mass is 324 g/mol. The first-order chi connectivity index (χ1) is 8.75. The van der Waals surface area contributed by atoms with Gasteiger partial charge in [-0.2, -0.15) is 0 Å². The molecular formula is C12H18Cl2N2O2S. The Balaban J connectivity index is 2.62. The van der Waals surface area contributed by atoms with Gasteiger partial charge in [-0.15, -0.1) is 0 Å². The molecular weight excluding hydrogens is 307 g/mol. The van der Waals surface area contributed by atoms with Gasteiger partial charge in [-0.25, -0.2) is 12.7 Å². The third kappa shape index (κ3) is 4.61. The van der Waals surface area contributed by atoms with Crippen LogP contribution in [0.15, 0.2) is 18.2 Å². The van der Waals surface area contributed by atoms with Crippen molar-refractivity contribution in [2.45, 2.75) is 13.0 Å². The van der Waals surface area contributed by atoms with Crippen molar-refractivity contribution in [3.8, 4) is 0 Å². The quantitative estimate of drug-likeness (QED) is 0.874. The lowest BCUT2D eigenvalue weighted by Crippen LogP contribution is -2.32. The van der Waals surface area contributed by atoms with Crippen molar-refractivity contribution in [2.24, 2.45) is 0 Å². The summed E-state index contributed by atoms with van der Waals surface area (Å²) in [7, 11) is -0.142. The zero-order chi connectivity index (χ0) is 14.6. The summed E-state index contributed by atoms with van der Waals surface area (Å²) in [4.78, 5) is 0. The number of benzene rings is 1. The molecule has 0 spiro atoms. The number of nitrogens with one attached hydrogen (secondary N) is 1. The fraction of sp³-hybridized carbons (Fsp3) is 0.500. The van der Waals surface area contributed by atoms with Crippen LogP contribution in [-0.2, 0) is 10.0 Å². The zero-order valence-corrected chi connectivity index (χ0v) is 13.5. The van der Waals surface area contributed by atoms with Crippen LogP contribution in [0.2, 0.25) is 10.0 Å². The Labute approximate surface area is 124 Å². The SMILES string of the molecule is CC(NCCS(=O)(=O)N(C)C)c1cccc(Cl)c1Cl. The minimum Gasteiger partial charge on any atom is -0.309 e. The largest absolute Gasteiger partial charge is 0.309 e. The highest BCUT2D eigenvalue weighted by atomic mass is 35.5. The van der Waals surface area contributed by atoms with E-state index >= 15 is 0 Å². The van der Waals surface area contributed by atoms with Gasteiger partial charge in [0.25, 0.3) is 0 Å². The molecule has 0 heterocycles. The molecule has 0 amide bonds. The molecule has 0 aliphatic carbocycles. The first kappa shape index (κ1) is 16.7. The smallest absolute Gasteiger partial charge is 0.214 e. The Bertz CT molecular complexity index is 533. The highest BCUT2D eigenvalue weighted by Crippen LogP contribution is 2.29. The Morgan fingerprint density at radius 3 is 2.53 bits per heavy atom. The molecule has 0 aliphatic rings. The lowest BCUT2D eigenvalue weighted by Gasteiger charge is -2.17. The second-order valence-electron chi connectivity index (χ2n) is 4.42. The highest BCUT2D eigenvalue weighted by molar-refractivity contribution is 7.89. The Morgan fingerprint density at radius 2 is 1.95 bits per heavy atom. The van der Waals surface area contributed by atoms with Crippen LogP contribution in [0.3, 0.4) is 0 Å². The van der Waals surface area contributed by atoms with E-state index < -0.39 is 10.0 Å². The molecule has 108 valence electrons. The van der Waals surface area contributed by atoms with Gasteiger partial charge in [-0.1, -0.05) is 35.3 Å². The van der Waals surface area contributed by atoms with E-state index in [1.807, 2.05) is 19.1 Å². The van der Waals surface area contributed by atoms with E-state index in [0.717, 1.165) is 5.56 Å². The van der Waals surface area contributed by atoms with E-state index in [9.17, 15) is 8.42 Å². The maximum absolute atomic E-state index is 11.6. The first-order valence-corrected chi connectivity index (χ1v) is 8.19. The van der Waals surface area contributed by atoms with Gasteiger partial charge in [-0.3, -0.25) is 0 Å². The maximum Gasteiger partial charge on any atom is 0.214 e. The first-order valence-electron chi connectivity index (χ1n) is 5.83. The zero-order valence-electron chi connectivity index (χ0n) is 11.2. The number of hydrogen-bond donors (Lipinski definition) is 1. The summed E-state index contributed by atoms with van der Waals surface area (Å²) in [6.07, 6.45) is 0. The molecule has 1 N–H and O–H groups in total. The van der Waals surface area contributed by atoms with Gasteiger partial charge in [0.15, 0.2) is 0 Å². The van der Waals surface area contributed by atoms with Crippen molar-refractivity contribution in [3.63, 3.8) is 0 Å². The fourth-order valence-corrected chi connectivity index (χ4v) is 2.76. The lowest BCUT2D eigenvalue weighted by atomic mass is 10.1. The van der Waals surface area contributed by atoms with Gasteiger partial charge in [0.1, 0.15) is 0 Å². The molecule has 1 rings (SSSR count). The normalized spacial score (nSPS) is 13.8. The average molecular weight is 325 g/mol. The minimum atomic E-state index is -3.18. The number of rotatable bonds is 6. The standard InChI is InChI=1S/C12H18Cl2N2O2S/c1-9(10-5-4-6-11(13)12(10)14)15-7-8-19(17,18)16(2)3/h4-6,9,15H,7-8H2,1-3H3. The van der Waals surface area contributed by atoms with Crippen LogP contribution in [0.1, 0.15) is 18.5 Å². The van der Waals surface area contributed by atoms with Crippen molar-refractivity contribution < 1.29 is 8.42 Å². The second-order valence-corrected chi connectivity index (χ2v) is 7.50. The maximum atomic E-state index is 11.6. The Kier molecular flexibility index (Phi) is 6.08. The molecule has 0 radical (unpaired) electrons. The van der Waals surface area contributed by atoms with Crippen molar-refractivity contribution in [2.75, 3.05) is 26.4 Å². The second kappa shape index (κ2) is 6.90. The van der Waals surface area contributed by atoms with Gasteiger partial charge in [0.05, 0.1) is 15.8 Å². The number of halogens is 2. The number of sulfonamides is 1. The van der Waals surface area contributed by atoms with Crippen LogP contribution < -0.4 is 5.32 Å². The predicted molar refractivity (Wildman–Crippen MR) is 80.4 cm³/mol. The molecule has 1 aromatic rings. The van der Waals surface area contributed by atoms with Crippen LogP contribution >= 0.6 is 23.2 Å². The van der Waals surface area contributed by atoms with Gasteiger partial charge >= 0.3 is 0 Å². The van der Waals surface area contributed by atoms with E-state index in [0.29, 0.717) is 16.6 Å². The molecule has 0 fully saturated rings. The molecule has 4 nitrogen and oxygen atoms in total.